The zero-order valence-corrected chi connectivity index (χ0v) is 12.1. The molecule has 5 heteroatoms. The highest BCUT2D eigenvalue weighted by atomic mass is 32.2. The van der Waals surface area contributed by atoms with Gasteiger partial charge in [-0.2, -0.15) is 0 Å². The molecule has 1 aliphatic rings. The van der Waals surface area contributed by atoms with Crippen molar-refractivity contribution >= 4 is 10.0 Å². The second-order valence-electron chi connectivity index (χ2n) is 5.26. The second-order valence-corrected chi connectivity index (χ2v) is 7.13. The third-order valence-electron chi connectivity index (χ3n) is 3.15. The molecule has 0 heterocycles. The Morgan fingerprint density at radius 3 is 2.58 bits per heavy atom. The number of hydrogen-bond acceptors (Lipinski definition) is 3. The molecule has 0 aromatic heterocycles. The molecular weight excluding hydrogens is 260 g/mol. The van der Waals surface area contributed by atoms with E-state index in [1.165, 1.54) is 12.8 Å². The first-order chi connectivity index (χ1) is 9.05. The van der Waals surface area contributed by atoms with E-state index in [1.807, 2.05) is 37.3 Å². The molecule has 0 aliphatic heterocycles. The molecular formula is C14H22N2O2S. The summed E-state index contributed by atoms with van der Waals surface area (Å²) in [6.45, 7) is 2.44. The number of rotatable bonds is 8. The maximum absolute atomic E-state index is 11.9. The fourth-order valence-electron chi connectivity index (χ4n) is 2.06. The van der Waals surface area contributed by atoms with Crippen molar-refractivity contribution in [1.29, 1.82) is 0 Å². The van der Waals surface area contributed by atoms with Crippen LogP contribution in [0.5, 0.6) is 0 Å². The highest BCUT2D eigenvalue weighted by Gasteiger charge is 2.21. The minimum absolute atomic E-state index is 0.0756. The average Bonchev–Trinajstić information content (AvgIpc) is 3.13. The van der Waals surface area contributed by atoms with E-state index in [1.54, 1.807) is 0 Å². The lowest BCUT2D eigenvalue weighted by molar-refractivity contribution is 0.555. The van der Waals surface area contributed by atoms with Gasteiger partial charge in [0, 0.05) is 18.6 Å². The van der Waals surface area contributed by atoms with Crippen LogP contribution in [0.25, 0.3) is 0 Å². The number of benzene rings is 1. The third kappa shape index (κ3) is 5.72. The van der Waals surface area contributed by atoms with Crippen LogP contribution in [0.1, 0.15) is 25.3 Å². The Kier molecular flexibility index (Phi) is 4.96. The Morgan fingerprint density at radius 1 is 1.26 bits per heavy atom. The van der Waals surface area contributed by atoms with Crippen molar-refractivity contribution < 1.29 is 8.42 Å². The van der Waals surface area contributed by atoms with E-state index >= 15 is 0 Å². The highest BCUT2D eigenvalue weighted by molar-refractivity contribution is 7.89. The number of nitrogens with one attached hydrogen (secondary N) is 2. The molecule has 1 aromatic carbocycles. The molecule has 2 rings (SSSR count). The van der Waals surface area contributed by atoms with Crippen molar-refractivity contribution in [2.45, 2.75) is 38.3 Å². The smallest absolute Gasteiger partial charge is 0.213 e. The fourth-order valence-corrected chi connectivity index (χ4v) is 3.26. The van der Waals surface area contributed by atoms with Crippen LogP contribution in [-0.4, -0.2) is 32.8 Å². The van der Waals surface area contributed by atoms with Gasteiger partial charge >= 0.3 is 0 Å². The molecule has 19 heavy (non-hydrogen) atoms. The van der Waals surface area contributed by atoms with E-state index in [4.69, 9.17) is 0 Å². The van der Waals surface area contributed by atoms with Crippen LogP contribution in [0.15, 0.2) is 30.3 Å². The van der Waals surface area contributed by atoms with Crippen molar-refractivity contribution in [3.05, 3.63) is 35.9 Å². The first-order valence-electron chi connectivity index (χ1n) is 6.82. The minimum Gasteiger partial charge on any atom is -0.313 e. The molecule has 2 N–H and O–H groups in total. The van der Waals surface area contributed by atoms with E-state index in [-0.39, 0.29) is 11.8 Å². The third-order valence-corrected chi connectivity index (χ3v) is 4.65. The maximum atomic E-state index is 11.9. The Labute approximate surface area is 115 Å². The van der Waals surface area contributed by atoms with Crippen LogP contribution in [0, 0.1) is 0 Å². The zero-order chi connectivity index (χ0) is 13.7. The first kappa shape index (κ1) is 14.5. The van der Waals surface area contributed by atoms with E-state index in [0.29, 0.717) is 12.6 Å². The average molecular weight is 282 g/mol. The molecule has 0 amide bonds. The SMILES string of the molecule is CC(Cc1ccccc1)NS(=O)(=O)CCNC1CC1. The van der Waals surface area contributed by atoms with Gasteiger partial charge in [-0.25, -0.2) is 13.1 Å². The van der Waals surface area contributed by atoms with E-state index in [2.05, 4.69) is 10.0 Å². The van der Waals surface area contributed by atoms with Gasteiger partial charge in [-0.15, -0.1) is 0 Å². The molecule has 1 saturated carbocycles. The summed E-state index contributed by atoms with van der Waals surface area (Å²) in [5.74, 6) is 0.155. The van der Waals surface area contributed by atoms with Gasteiger partial charge in [0.05, 0.1) is 5.75 Å². The van der Waals surface area contributed by atoms with E-state index in [9.17, 15) is 8.42 Å². The molecule has 0 saturated heterocycles. The van der Waals surface area contributed by atoms with Crippen LogP contribution in [0.3, 0.4) is 0 Å². The Balaban J connectivity index is 1.74. The van der Waals surface area contributed by atoms with Gasteiger partial charge in [-0.1, -0.05) is 30.3 Å². The van der Waals surface area contributed by atoms with Gasteiger partial charge in [-0.3, -0.25) is 0 Å². The Bertz CT molecular complexity index is 483. The summed E-state index contributed by atoms with van der Waals surface area (Å²) in [5.41, 5.74) is 1.15. The van der Waals surface area contributed by atoms with Crippen molar-refractivity contribution in [2.75, 3.05) is 12.3 Å². The van der Waals surface area contributed by atoms with Gasteiger partial charge < -0.3 is 5.32 Å². The molecule has 1 aliphatic carbocycles. The van der Waals surface area contributed by atoms with Crippen molar-refractivity contribution in [3.8, 4) is 0 Å². The largest absolute Gasteiger partial charge is 0.313 e. The Morgan fingerprint density at radius 2 is 1.95 bits per heavy atom. The van der Waals surface area contributed by atoms with Gasteiger partial charge in [0.1, 0.15) is 0 Å². The fraction of sp³-hybridized carbons (Fsp3) is 0.571. The lowest BCUT2D eigenvalue weighted by Crippen LogP contribution is -2.38. The molecule has 4 nitrogen and oxygen atoms in total. The van der Waals surface area contributed by atoms with E-state index in [0.717, 1.165) is 12.0 Å². The first-order valence-corrected chi connectivity index (χ1v) is 8.48. The number of hydrogen-bond donors (Lipinski definition) is 2. The number of sulfonamides is 1. The summed E-state index contributed by atoms with van der Waals surface area (Å²) in [6, 6.07) is 10.4. The minimum atomic E-state index is -3.18. The molecule has 0 bridgehead atoms. The van der Waals surface area contributed by atoms with Gasteiger partial charge in [0.15, 0.2) is 0 Å². The van der Waals surface area contributed by atoms with Crippen LogP contribution in [0.4, 0.5) is 0 Å². The lowest BCUT2D eigenvalue weighted by atomic mass is 10.1. The molecule has 1 unspecified atom stereocenters. The van der Waals surface area contributed by atoms with Crippen molar-refractivity contribution in [3.63, 3.8) is 0 Å². The second kappa shape index (κ2) is 6.50. The quantitative estimate of drug-likeness (QED) is 0.755. The molecule has 0 spiro atoms. The summed E-state index contributed by atoms with van der Waals surface area (Å²) >= 11 is 0. The predicted octanol–water partition coefficient (Wildman–Crippen LogP) is 1.29. The summed E-state index contributed by atoms with van der Waals surface area (Å²) in [6.07, 6.45) is 3.08. The van der Waals surface area contributed by atoms with Gasteiger partial charge in [0.25, 0.3) is 0 Å². The summed E-state index contributed by atoms with van der Waals surface area (Å²) in [7, 11) is -3.18. The normalized spacial score (nSPS) is 17.3. The van der Waals surface area contributed by atoms with Crippen LogP contribution in [0.2, 0.25) is 0 Å². The topological polar surface area (TPSA) is 58.2 Å². The van der Waals surface area contributed by atoms with Gasteiger partial charge in [-0.05, 0) is 31.7 Å². The molecule has 0 radical (unpaired) electrons. The maximum Gasteiger partial charge on any atom is 0.213 e. The lowest BCUT2D eigenvalue weighted by Gasteiger charge is -2.14. The highest BCUT2D eigenvalue weighted by Crippen LogP contribution is 2.18. The monoisotopic (exact) mass is 282 g/mol. The Hall–Kier alpha value is -0.910. The van der Waals surface area contributed by atoms with E-state index < -0.39 is 10.0 Å². The predicted molar refractivity (Wildman–Crippen MR) is 77.6 cm³/mol. The molecule has 1 atom stereocenters. The van der Waals surface area contributed by atoms with Crippen LogP contribution >= 0.6 is 0 Å². The van der Waals surface area contributed by atoms with Crippen molar-refractivity contribution in [1.82, 2.24) is 10.0 Å². The molecule has 106 valence electrons. The summed E-state index contributed by atoms with van der Waals surface area (Å²) in [4.78, 5) is 0. The van der Waals surface area contributed by atoms with Gasteiger partial charge in [0.2, 0.25) is 10.0 Å². The summed E-state index contributed by atoms with van der Waals surface area (Å²) < 4.78 is 26.5. The van der Waals surface area contributed by atoms with Crippen molar-refractivity contribution in [2.24, 2.45) is 0 Å². The molecule has 1 fully saturated rings. The van der Waals surface area contributed by atoms with Crippen LogP contribution < -0.4 is 10.0 Å². The summed E-state index contributed by atoms with van der Waals surface area (Å²) in [5, 5.41) is 3.22. The zero-order valence-electron chi connectivity index (χ0n) is 11.3. The molecule has 1 aromatic rings. The standard InChI is InChI=1S/C14H22N2O2S/c1-12(11-13-5-3-2-4-6-13)16-19(17,18)10-9-15-14-7-8-14/h2-6,12,14-16H,7-11H2,1H3. The van der Waals surface area contributed by atoms with Crippen LogP contribution in [-0.2, 0) is 16.4 Å².